The average molecular weight is 425 g/mol. The van der Waals surface area contributed by atoms with Crippen LogP contribution >= 0.6 is 0 Å². The van der Waals surface area contributed by atoms with Crippen LogP contribution in [0.25, 0.3) is 5.76 Å². The van der Waals surface area contributed by atoms with Crippen LogP contribution < -0.4 is 9.47 Å². The third kappa shape index (κ3) is 4.72. The topological polar surface area (TPSA) is 96.3 Å². The molecule has 2 aromatic rings. The molecule has 2 N–H and O–H groups in total. The van der Waals surface area contributed by atoms with E-state index in [1.54, 1.807) is 48.5 Å². The van der Waals surface area contributed by atoms with Crippen LogP contribution in [0.3, 0.4) is 0 Å². The summed E-state index contributed by atoms with van der Waals surface area (Å²) in [4.78, 5) is 27.2. The van der Waals surface area contributed by atoms with E-state index in [0.717, 1.165) is 0 Å². The summed E-state index contributed by atoms with van der Waals surface area (Å²) in [6.45, 7) is 4.60. The third-order valence-electron chi connectivity index (χ3n) is 4.96. The molecule has 164 valence electrons. The zero-order valence-corrected chi connectivity index (χ0v) is 17.7. The first-order valence-electron chi connectivity index (χ1n) is 10.4. The molecule has 1 amide bonds. The van der Waals surface area contributed by atoms with Gasteiger partial charge >= 0.3 is 0 Å². The van der Waals surface area contributed by atoms with Gasteiger partial charge in [0, 0.05) is 12.1 Å². The number of aliphatic hydroxyl groups excluding tert-OH is 2. The highest BCUT2D eigenvalue weighted by atomic mass is 16.5. The molecule has 0 saturated carbocycles. The first-order chi connectivity index (χ1) is 15.0. The smallest absolute Gasteiger partial charge is 0.295 e. The second-order valence-corrected chi connectivity index (χ2v) is 7.10. The van der Waals surface area contributed by atoms with E-state index < -0.39 is 17.7 Å². The molecule has 3 rings (SSSR count). The Morgan fingerprint density at radius 3 is 2.42 bits per heavy atom. The van der Waals surface area contributed by atoms with E-state index in [0.29, 0.717) is 42.2 Å². The number of nitrogens with zero attached hydrogens (tertiary/aromatic N) is 1. The fraction of sp³-hybridized carbons (Fsp3) is 0.333. The molecule has 1 unspecified atom stereocenters. The molecule has 2 aromatic carbocycles. The van der Waals surface area contributed by atoms with E-state index in [4.69, 9.17) is 14.6 Å². The summed E-state index contributed by atoms with van der Waals surface area (Å²) < 4.78 is 11.0. The van der Waals surface area contributed by atoms with Crippen molar-refractivity contribution in [1.82, 2.24) is 4.90 Å². The van der Waals surface area contributed by atoms with Crippen LogP contribution in [0.2, 0.25) is 0 Å². The average Bonchev–Trinajstić information content (AvgIpc) is 3.03. The van der Waals surface area contributed by atoms with Gasteiger partial charge < -0.3 is 24.6 Å². The normalized spacial score (nSPS) is 17.8. The molecule has 0 spiro atoms. The molecule has 7 nitrogen and oxygen atoms in total. The molecular formula is C24H27NO6. The van der Waals surface area contributed by atoms with Crippen molar-refractivity contribution in [3.8, 4) is 11.5 Å². The zero-order valence-electron chi connectivity index (χ0n) is 17.7. The minimum atomic E-state index is -0.742. The maximum Gasteiger partial charge on any atom is 0.295 e. The second kappa shape index (κ2) is 10.1. The number of likely N-dealkylation sites (tertiary alicyclic amines) is 1. The van der Waals surface area contributed by atoms with Gasteiger partial charge in [-0.3, -0.25) is 9.59 Å². The number of ether oxygens (including phenoxy) is 2. The predicted molar refractivity (Wildman–Crippen MR) is 116 cm³/mol. The van der Waals surface area contributed by atoms with Crippen molar-refractivity contribution < 1.29 is 29.3 Å². The number of hydrogen-bond donors (Lipinski definition) is 2. The number of aliphatic hydroxyl groups is 2. The molecule has 0 aromatic heterocycles. The number of rotatable bonds is 9. The van der Waals surface area contributed by atoms with Gasteiger partial charge in [0.2, 0.25) is 0 Å². The van der Waals surface area contributed by atoms with Gasteiger partial charge in [-0.2, -0.15) is 0 Å². The van der Waals surface area contributed by atoms with Crippen molar-refractivity contribution in [3.63, 3.8) is 0 Å². The maximum absolute atomic E-state index is 13.0. The molecule has 1 heterocycles. The van der Waals surface area contributed by atoms with Gasteiger partial charge in [-0.1, -0.05) is 31.2 Å². The van der Waals surface area contributed by atoms with Gasteiger partial charge in [0.15, 0.2) is 0 Å². The van der Waals surface area contributed by atoms with Gasteiger partial charge in [0.25, 0.3) is 11.7 Å². The van der Waals surface area contributed by atoms with E-state index >= 15 is 0 Å². The number of ketones is 1. The monoisotopic (exact) mass is 425 g/mol. The maximum atomic E-state index is 13.0. The van der Waals surface area contributed by atoms with Gasteiger partial charge in [0.05, 0.1) is 24.8 Å². The summed E-state index contributed by atoms with van der Waals surface area (Å²) in [5.74, 6) is -0.544. The fourth-order valence-electron chi connectivity index (χ4n) is 3.69. The Morgan fingerprint density at radius 2 is 1.74 bits per heavy atom. The molecule has 1 fully saturated rings. The summed E-state index contributed by atoms with van der Waals surface area (Å²) in [5.41, 5.74) is 1.08. The van der Waals surface area contributed by atoms with Gasteiger partial charge in [0.1, 0.15) is 23.9 Å². The van der Waals surface area contributed by atoms with Crippen molar-refractivity contribution in [1.29, 1.82) is 0 Å². The number of Topliss-reactive ketones (excluding diaryl/α,β-unsaturated/α-hetero) is 1. The van der Waals surface area contributed by atoms with Crippen LogP contribution in [-0.4, -0.2) is 53.2 Å². The minimum Gasteiger partial charge on any atom is -0.507 e. The van der Waals surface area contributed by atoms with Gasteiger partial charge in [-0.05, 0) is 43.2 Å². The summed E-state index contributed by atoms with van der Waals surface area (Å²) in [6.07, 6.45) is 0.657. The molecule has 1 aliphatic rings. The summed E-state index contributed by atoms with van der Waals surface area (Å²) in [5, 5.41) is 20.1. The number of carbonyl (C=O) groups excluding carboxylic acids is 2. The Morgan fingerprint density at radius 1 is 1.03 bits per heavy atom. The van der Waals surface area contributed by atoms with Crippen LogP contribution in [0.15, 0.2) is 54.1 Å². The van der Waals surface area contributed by atoms with Crippen LogP contribution in [0.4, 0.5) is 0 Å². The molecule has 31 heavy (non-hydrogen) atoms. The summed E-state index contributed by atoms with van der Waals surface area (Å²) in [6, 6.07) is 13.0. The fourth-order valence-corrected chi connectivity index (χ4v) is 3.69. The Bertz CT molecular complexity index is 984. The second-order valence-electron chi connectivity index (χ2n) is 7.10. The molecule has 0 radical (unpaired) electrons. The molecule has 7 heteroatoms. The van der Waals surface area contributed by atoms with Crippen molar-refractivity contribution in [2.24, 2.45) is 0 Å². The van der Waals surface area contributed by atoms with Crippen molar-refractivity contribution >= 4 is 17.4 Å². The number of hydrogen-bond acceptors (Lipinski definition) is 6. The predicted octanol–water partition coefficient (Wildman–Crippen LogP) is 3.29. The molecular weight excluding hydrogens is 398 g/mol. The first-order valence-corrected chi connectivity index (χ1v) is 10.4. The van der Waals surface area contributed by atoms with Crippen LogP contribution in [0.5, 0.6) is 11.5 Å². The van der Waals surface area contributed by atoms with Gasteiger partial charge in [-0.15, -0.1) is 0 Å². The van der Waals surface area contributed by atoms with Crippen LogP contribution in [0, 0.1) is 0 Å². The standard InChI is InChI=1S/C24H27NO6/c1-3-11-25-21(16-7-5-10-19(14-16)31-13-12-26)20(23(28)24(25)29)22(27)17-8-6-9-18(15-17)30-4-2/h5-10,14-15,21,26-27H,3-4,11-13H2,1-2H3/b22-20-. The number of carbonyl (C=O) groups is 2. The van der Waals surface area contributed by atoms with Gasteiger partial charge in [-0.25, -0.2) is 0 Å². The first kappa shape index (κ1) is 22.4. The van der Waals surface area contributed by atoms with E-state index in [1.807, 2.05) is 13.8 Å². The highest BCUT2D eigenvalue weighted by molar-refractivity contribution is 6.46. The third-order valence-corrected chi connectivity index (χ3v) is 4.96. The Hall–Kier alpha value is -3.32. The van der Waals surface area contributed by atoms with Crippen LogP contribution in [-0.2, 0) is 9.59 Å². The Kier molecular flexibility index (Phi) is 7.31. The Balaban J connectivity index is 2.12. The molecule has 1 aliphatic heterocycles. The van der Waals surface area contributed by atoms with Crippen molar-refractivity contribution in [2.45, 2.75) is 26.3 Å². The lowest BCUT2D eigenvalue weighted by molar-refractivity contribution is -0.139. The molecule has 1 saturated heterocycles. The highest BCUT2D eigenvalue weighted by Gasteiger charge is 2.45. The number of amides is 1. The lowest BCUT2D eigenvalue weighted by Gasteiger charge is -2.25. The van der Waals surface area contributed by atoms with E-state index in [2.05, 4.69) is 0 Å². The SMILES string of the molecule is CCCN1C(=O)C(=O)/C(=C(\O)c2cccc(OCC)c2)C1c1cccc(OCCO)c1. The highest BCUT2D eigenvalue weighted by Crippen LogP contribution is 2.40. The van der Waals surface area contributed by atoms with E-state index in [-0.39, 0.29) is 24.5 Å². The summed E-state index contributed by atoms with van der Waals surface area (Å²) >= 11 is 0. The molecule has 1 atom stereocenters. The zero-order chi connectivity index (χ0) is 22.4. The molecule has 0 bridgehead atoms. The molecule has 0 aliphatic carbocycles. The van der Waals surface area contributed by atoms with Crippen LogP contribution in [0.1, 0.15) is 37.4 Å². The lowest BCUT2D eigenvalue weighted by atomic mass is 9.95. The van der Waals surface area contributed by atoms with Crippen molar-refractivity contribution in [3.05, 3.63) is 65.2 Å². The van der Waals surface area contributed by atoms with E-state index in [9.17, 15) is 14.7 Å². The summed E-state index contributed by atoms with van der Waals surface area (Å²) in [7, 11) is 0. The largest absolute Gasteiger partial charge is 0.507 e. The minimum absolute atomic E-state index is 0.0337. The van der Waals surface area contributed by atoms with E-state index in [1.165, 1.54) is 4.90 Å². The Labute approximate surface area is 181 Å². The number of benzene rings is 2. The lowest BCUT2D eigenvalue weighted by Crippen LogP contribution is -2.30. The van der Waals surface area contributed by atoms with Crippen molar-refractivity contribution in [2.75, 3.05) is 26.4 Å². The quantitative estimate of drug-likeness (QED) is 0.364.